The predicted octanol–water partition coefficient (Wildman–Crippen LogP) is 5.44. The highest BCUT2D eigenvalue weighted by atomic mass is 35.5. The Morgan fingerprint density at radius 1 is 1.17 bits per heavy atom. The van der Waals surface area contributed by atoms with Gasteiger partial charge in [0, 0.05) is 22.1 Å². The lowest BCUT2D eigenvalue weighted by molar-refractivity contribution is 0.415. The molecule has 3 aromatic rings. The van der Waals surface area contributed by atoms with E-state index in [1.54, 1.807) is 19.2 Å². The molecule has 0 N–H and O–H groups in total. The summed E-state index contributed by atoms with van der Waals surface area (Å²) in [5, 5.41) is 10.6. The highest BCUT2D eigenvalue weighted by Gasteiger charge is 2.18. The third-order valence-corrected chi connectivity index (χ3v) is 4.45. The van der Waals surface area contributed by atoms with Crippen molar-refractivity contribution in [3.8, 4) is 33.9 Å². The van der Waals surface area contributed by atoms with Gasteiger partial charge in [0.25, 0.3) is 0 Å². The van der Waals surface area contributed by atoms with Gasteiger partial charge in [-0.15, -0.1) is 0 Å². The van der Waals surface area contributed by atoms with Crippen molar-refractivity contribution in [3.63, 3.8) is 0 Å². The molecule has 3 rings (SSSR count). The molecule has 0 aliphatic rings. The van der Waals surface area contributed by atoms with Crippen LogP contribution < -0.4 is 9.47 Å². The molecule has 0 atom stereocenters. The average molecular weight is 357 g/mol. The number of nitrogens with zero attached hydrogens (tertiary/aromatic N) is 2. The Kier molecular flexibility index (Phi) is 4.70. The van der Waals surface area contributed by atoms with Crippen molar-refractivity contribution in [1.29, 1.82) is 5.26 Å². The van der Waals surface area contributed by atoms with E-state index in [1.165, 1.54) is 0 Å². The minimum Gasteiger partial charge on any atom is -0.497 e. The van der Waals surface area contributed by atoms with Crippen LogP contribution in [0.2, 0.25) is 5.02 Å². The molecular weight excluding hydrogens is 344 g/mol. The van der Waals surface area contributed by atoms with Gasteiger partial charge in [-0.05, 0) is 48.9 Å². The summed E-state index contributed by atoms with van der Waals surface area (Å²) in [6, 6.07) is 15.0. The number of aryl methyl sites for hydroxylation is 1. The Hall–Kier alpha value is -2.55. The minimum atomic E-state index is 0.407. The van der Waals surface area contributed by atoms with Gasteiger partial charge in [0.15, 0.2) is 0 Å². The molecule has 0 unspecified atom stereocenters. The molecule has 0 bridgehead atoms. The van der Waals surface area contributed by atoms with Crippen LogP contribution in [0.4, 0.5) is 0 Å². The van der Waals surface area contributed by atoms with Crippen LogP contribution in [-0.4, -0.2) is 11.5 Å². The molecule has 4 nitrogen and oxygen atoms in total. The third-order valence-electron chi connectivity index (χ3n) is 3.49. The fourth-order valence-corrected chi connectivity index (χ4v) is 3.07. The van der Waals surface area contributed by atoms with Gasteiger partial charge < -0.3 is 9.47 Å². The van der Waals surface area contributed by atoms with Crippen LogP contribution in [0.25, 0.3) is 11.3 Å². The number of nitriles is 1. The maximum Gasteiger partial charge on any atom is 0.218 e. The predicted molar refractivity (Wildman–Crippen MR) is 95.1 cm³/mol. The van der Waals surface area contributed by atoms with E-state index in [9.17, 15) is 5.26 Å². The van der Waals surface area contributed by atoms with E-state index in [0.29, 0.717) is 27.1 Å². The highest BCUT2D eigenvalue weighted by Crippen LogP contribution is 2.38. The third kappa shape index (κ3) is 3.21. The van der Waals surface area contributed by atoms with Gasteiger partial charge in [-0.2, -0.15) is 9.64 Å². The van der Waals surface area contributed by atoms with Crippen LogP contribution in [0.15, 0.2) is 42.5 Å². The zero-order valence-corrected chi connectivity index (χ0v) is 14.6. The SMILES string of the molecule is COc1ccc(-c2nsc(Oc3cc(Cl)ccc3C)c2C#N)cc1. The summed E-state index contributed by atoms with van der Waals surface area (Å²) in [6.45, 7) is 1.92. The summed E-state index contributed by atoms with van der Waals surface area (Å²) in [6.07, 6.45) is 0. The minimum absolute atomic E-state index is 0.407. The van der Waals surface area contributed by atoms with E-state index in [4.69, 9.17) is 21.1 Å². The van der Waals surface area contributed by atoms with Gasteiger partial charge in [-0.3, -0.25) is 0 Å². The quantitative estimate of drug-likeness (QED) is 0.624. The number of hydrogen-bond donors (Lipinski definition) is 0. The van der Waals surface area contributed by atoms with Crippen LogP contribution in [0, 0.1) is 18.3 Å². The molecule has 0 spiro atoms. The van der Waals surface area contributed by atoms with Crippen LogP contribution in [0.5, 0.6) is 16.6 Å². The summed E-state index contributed by atoms with van der Waals surface area (Å²) < 4.78 is 15.4. The molecule has 0 fully saturated rings. The zero-order chi connectivity index (χ0) is 17.1. The van der Waals surface area contributed by atoms with Crippen LogP contribution >= 0.6 is 23.1 Å². The van der Waals surface area contributed by atoms with Crippen LogP contribution in [-0.2, 0) is 0 Å². The van der Waals surface area contributed by atoms with Crippen molar-refractivity contribution in [3.05, 3.63) is 58.6 Å². The van der Waals surface area contributed by atoms with E-state index in [2.05, 4.69) is 10.4 Å². The molecule has 0 amide bonds. The number of aromatic nitrogens is 1. The molecule has 0 aliphatic carbocycles. The molecule has 6 heteroatoms. The normalized spacial score (nSPS) is 10.2. The number of hydrogen-bond acceptors (Lipinski definition) is 5. The largest absolute Gasteiger partial charge is 0.497 e. The van der Waals surface area contributed by atoms with E-state index in [-0.39, 0.29) is 0 Å². The molecule has 0 saturated heterocycles. The summed E-state index contributed by atoms with van der Waals surface area (Å²) in [5.41, 5.74) is 2.77. The second-order valence-electron chi connectivity index (χ2n) is 5.05. The topological polar surface area (TPSA) is 55.1 Å². The van der Waals surface area contributed by atoms with Crippen molar-refractivity contribution in [2.45, 2.75) is 6.92 Å². The first-order valence-electron chi connectivity index (χ1n) is 7.10. The van der Waals surface area contributed by atoms with Gasteiger partial charge in [0.1, 0.15) is 28.8 Å². The first kappa shape index (κ1) is 16.3. The molecule has 2 aromatic carbocycles. The zero-order valence-electron chi connectivity index (χ0n) is 13.0. The van der Waals surface area contributed by atoms with Gasteiger partial charge in [0.2, 0.25) is 5.06 Å². The summed E-state index contributed by atoms with van der Waals surface area (Å²) in [7, 11) is 1.61. The Balaban J connectivity index is 1.97. The monoisotopic (exact) mass is 356 g/mol. The van der Waals surface area contributed by atoms with E-state index in [1.807, 2.05) is 37.3 Å². The summed E-state index contributed by atoms with van der Waals surface area (Å²) in [4.78, 5) is 0. The Morgan fingerprint density at radius 2 is 1.92 bits per heavy atom. The van der Waals surface area contributed by atoms with Crippen molar-refractivity contribution in [1.82, 2.24) is 4.37 Å². The fraction of sp³-hybridized carbons (Fsp3) is 0.111. The van der Waals surface area contributed by atoms with Gasteiger partial charge in [-0.1, -0.05) is 17.7 Å². The number of halogens is 1. The first-order chi connectivity index (χ1) is 11.6. The average Bonchev–Trinajstić information content (AvgIpc) is 3.01. The Labute approximate surface area is 149 Å². The lowest BCUT2D eigenvalue weighted by Gasteiger charge is -2.07. The lowest BCUT2D eigenvalue weighted by Crippen LogP contribution is -1.89. The number of ether oxygens (including phenoxy) is 2. The van der Waals surface area contributed by atoms with Gasteiger partial charge in [-0.25, -0.2) is 0 Å². The maximum absolute atomic E-state index is 9.54. The Morgan fingerprint density at radius 3 is 2.58 bits per heavy atom. The molecule has 1 heterocycles. The van der Waals surface area contributed by atoms with Crippen LogP contribution in [0.1, 0.15) is 11.1 Å². The van der Waals surface area contributed by atoms with Crippen molar-refractivity contribution in [2.24, 2.45) is 0 Å². The molecular formula is C18H13ClN2O2S. The van der Waals surface area contributed by atoms with E-state index in [0.717, 1.165) is 28.4 Å². The molecule has 0 aliphatic heterocycles. The molecule has 1 aromatic heterocycles. The second kappa shape index (κ2) is 6.91. The van der Waals surface area contributed by atoms with E-state index >= 15 is 0 Å². The smallest absolute Gasteiger partial charge is 0.218 e. The standard InChI is InChI=1S/C18H13ClN2O2S/c1-11-3-6-13(19)9-16(11)23-18-15(10-20)17(21-24-18)12-4-7-14(22-2)8-5-12/h3-9H,1-2H3. The fourth-order valence-electron chi connectivity index (χ4n) is 2.17. The van der Waals surface area contributed by atoms with Gasteiger partial charge >= 0.3 is 0 Å². The van der Waals surface area contributed by atoms with Crippen molar-refractivity contribution < 1.29 is 9.47 Å². The molecule has 24 heavy (non-hydrogen) atoms. The maximum atomic E-state index is 9.54. The highest BCUT2D eigenvalue weighted by molar-refractivity contribution is 7.08. The molecule has 0 radical (unpaired) electrons. The number of methoxy groups -OCH3 is 1. The second-order valence-corrected chi connectivity index (χ2v) is 6.22. The van der Waals surface area contributed by atoms with Crippen molar-refractivity contribution in [2.75, 3.05) is 7.11 Å². The van der Waals surface area contributed by atoms with Crippen LogP contribution in [0.3, 0.4) is 0 Å². The summed E-state index contributed by atoms with van der Waals surface area (Å²) >= 11 is 7.16. The summed E-state index contributed by atoms with van der Waals surface area (Å²) in [5.74, 6) is 1.36. The molecule has 0 saturated carbocycles. The van der Waals surface area contributed by atoms with Crippen molar-refractivity contribution >= 4 is 23.1 Å². The van der Waals surface area contributed by atoms with E-state index < -0.39 is 0 Å². The molecule has 120 valence electrons. The van der Waals surface area contributed by atoms with Gasteiger partial charge in [0.05, 0.1) is 7.11 Å². The number of benzene rings is 2. The Bertz CT molecular complexity index is 914. The number of rotatable bonds is 4. The first-order valence-corrected chi connectivity index (χ1v) is 8.25. The lowest BCUT2D eigenvalue weighted by atomic mass is 10.1.